The van der Waals surface area contributed by atoms with Crippen LogP contribution in [-0.2, 0) is 13.1 Å². The highest BCUT2D eigenvalue weighted by Gasteiger charge is 2.23. The highest BCUT2D eigenvalue weighted by Crippen LogP contribution is 2.28. The molecule has 39 heavy (non-hydrogen) atoms. The summed E-state index contributed by atoms with van der Waals surface area (Å²) in [5.41, 5.74) is 6.50. The van der Waals surface area contributed by atoms with Crippen LogP contribution < -0.4 is 16.6 Å². The van der Waals surface area contributed by atoms with Crippen molar-refractivity contribution in [3.8, 4) is 17.5 Å². The summed E-state index contributed by atoms with van der Waals surface area (Å²) in [4.78, 5) is 40.8. The van der Waals surface area contributed by atoms with E-state index in [1.807, 2.05) is 6.07 Å². The number of aromatic nitrogens is 3. The van der Waals surface area contributed by atoms with E-state index >= 15 is 0 Å². The number of ketones is 1. The van der Waals surface area contributed by atoms with Gasteiger partial charge in [-0.1, -0.05) is 29.8 Å². The number of carbonyl (C=O) groups is 2. The van der Waals surface area contributed by atoms with Crippen molar-refractivity contribution >= 4 is 57.5 Å². The van der Waals surface area contributed by atoms with E-state index in [1.54, 1.807) is 53.9 Å². The first-order valence-corrected chi connectivity index (χ1v) is 13.6. The monoisotopic (exact) mass is 574 g/mol. The fourth-order valence-electron chi connectivity index (χ4n) is 3.97. The number of nitrogens with one attached hydrogen (secondary N) is 1. The number of anilines is 2. The van der Waals surface area contributed by atoms with E-state index in [9.17, 15) is 19.6 Å². The Morgan fingerprint density at radius 3 is 2.62 bits per heavy atom. The Morgan fingerprint density at radius 2 is 1.92 bits per heavy atom. The van der Waals surface area contributed by atoms with E-state index in [0.29, 0.717) is 21.6 Å². The summed E-state index contributed by atoms with van der Waals surface area (Å²) in [6.07, 6.45) is 0. The molecule has 5 aromatic rings. The average molecular weight is 575 g/mol. The number of para-hydroxylation sites is 1. The maximum absolute atomic E-state index is 13.6. The van der Waals surface area contributed by atoms with Crippen LogP contribution in [0.2, 0.25) is 4.34 Å². The fraction of sp³-hybridized carbons (Fsp3) is 0.0741. The maximum Gasteiger partial charge on any atom is 0.282 e. The van der Waals surface area contributed by atoms with E-state index in [4.69, 9.17) is 17.3 Å². The molecule has 0 aliphatic carbocycles. The molecule has 0 bridgehead atoms. The zero-order chi connectivity index (χ0) is 27.5. The Bertz CT molecular complexity index is 1800. The lowest BCUT2D eigenvalue weighted by Crippen LogP contribution is -2.26. The van der Waals surface area contributed by atoms with Gasteiger partial charge in [0.05, 0.1) is 39.1 Å². The van der Waals surface area contributed by atoms with Crippen molar-refractivity contribution in [1.29, 1.82) is 5.26 Å². The van der Waals surface area contributed by atoms with Gasteiger partial charge in [0, 0.05) is 22.7 Å². The lowest BCUT2D eigenvalue weighted by molar-refractivity contribution is 0.0946. The summed E-state index contributed by atoms with van der Waals surface area (Å²) in [5, 5.41) is 19.3. The first kappa shape index (κ1) is 26.1. The Hall–Kier alpha value is -4.50. The number of pyridine rings is 1. The van der Waals surface area contributed by atoms with Crippen molar-refractivity contribution in [3.63, 3.8) is 0 Å². The summed E-state index contributed by atoms with van der Waals surface area (Å²) in [7, 11) is 0. The average Bonchev–Trinajstić information content (AvgIpc) is 3.70. The number of nitrogens with zero attached hydrogens (tertiary/aromatic N) is 4. The van der Waals surface area contributed by atoms with E-state index in [0.717, 1.165) is 9.56 Å². The van der Waals surface area contributed by atoms with Crippen LogP contribution in [0.25, 0.3) is 11.4 Å². The maximum atomic E-state index is 13.6. The molecule has 0 atom stereocenters. The molecule has 0 aliphatic heterocycles. The summed E-state index contributed by atoms with van der Waals surface area (Å²) < 4.78 is 2.97. The molecular weight excluding hydrogens is 556 g/mol. The Morgan fingerprint density at radius 1 is 1.10 bits per heavy atom. The minimum atomic E-state index is -0.510. The van der Waals surface area contributed by atoms with E-state index in [1.165, 1.54) is 39.4 Å². The molecule has 0 amide bonds. The van der Waals surface area contributed by atoms with Crippen molar-refractivity contribution in [1.82, 2.24) is 14.3 Å². The van der Waals surface area contributed by atoms with Crippen LogP contribution in [0.15, 0.2) is 76.9 Å². The molecule has 0 radical (unpaired) electrons. The van der Waals surface area contributed by atoms with Crippen molar-refractivity contribution < 1.29 is 9.59 Å². The topological polar surface area (TPSA) is 136 Å². The second-order valence-electron chi connectivity index (χ2n) is 8.31. The first-order valence-electron chi connectivity index (χ1n) is 11.5. The molecule has 4 heterocycles. The zero-order valence-corrected chi connectivity index (χ0v) is 22.5. The number of Topliss-reactive ketones (excluding diaryl/α,β-unsaturated/α-hetero) is 1. The van der Waals surface area contributed by atoms with Crippen molar-refractivity contribution in [3.05, 3.63) is 108 Å². The number of hydrogen-bond donors (Lipinski definition) is 2. The summed E-state index contributed by atoms with van der Waals surface area (Å²) >= 11 is 8.71. The Labute approximate surface area is 235 Å². The molecule has 12 heteroatoms. The number of halogens is 1. The molecule has 0 saturated heterocycles. The largest absolute Gasteiger partial charge is 0.398 e. The highest BCUT2D eigenvalue weighted by atomic mass is 35.5. The number of rotatable bonds is 8. The molecule has 9 nitrogen and oxygen atoms in total. The lowest BCUT2D eigenvalue weighted by atomic mass is 10.1. The number of carbonyl (C=O) groups excluding carboxylic acids is 2. The van der Waals surface area contributed by atoms with Crippen LogP contribution in [0.4, 0.5) is 11.5 Å². The number of benzene rings is 1. The molecule has 0 saturated carbocycles. The molecule has 0 spiro atoms. The molecule has 0 fully saturated rings. The first-order chi connectivity index (χ1) is 18.9. The highest BCUT2D eigenvalue weighted by molar-refractivity contribution is 7.16. The van der Waals surface area contributed by atoms with Gasteiger partial charge in [-0.15, -0.1) is 22.7 Å². The van der Waals surface area contributed by atoms with E-state index in [-0.39, 0.29) is 40.5 Å². The second-order valence-corrected chi connectivity index (χ2v) is 11.1. The molecule has 5 rings (SSSR count). The quantitative estimate of drug-likeness (QED) is 0.194. The number of hydrogen-bond acceptors (Lipinski definition) is 9. The van der Waals surface area contributed by atoms with E-state index in [2.05, 4.69) is 16.5 Å². The van der Waals surface area contributed by atoms with Crippen molar-refractivity contribution in [2.75, 3.05) is 11.1 Å². The van der Waals surface area contributed by atoms with Crippen molar-refractivity contribution in [2.24, 2.45) is 0 Å². The third-order valence-electron chi connectivity index (χ3n) is 5.81. The normalized spacial score (nSPS) is 10.8. The predicted molar refractivity (Wildman–Crippen MR) is 153 cm³/mol. The summed E-state index contributed by atoms with van der Waals surface area (Å²) in [6, 6.07) is 19.9. The number of thiophene rings is 2. The SMILES string of the molecule is N#Cc1ccc(=O)n(CC(=O)c2cccs2)c1-c1cc(NCc2ccc(Cl)s2)n(C(=O)c2ccccc2N)n1. The molecule has 194 valence electrons. The molecule has 3 N–H and O–H groups in total. The third-order valence-corrected chi connectivity index (χ3v) is 7.95. The molecule has 1 aromatic carbocycles. The predicted octanol–water partition coefficient (Wildman–Crippen LogP) is 5.13. The second kappa shape index (κ2) is 11.1. The van der Waals surface area contributed by atoms with Crippen LogP contribution in [0.1, 0.15) is 30.5 Å². The van der Waals surface area contributed by atoms with Crippen LogP contribution in [-0.4, -0.2) is 26.0 Å². The Balaban J connectivity index is 1.63. The van der Waals surface area contributed by atoms with Gasteiger partial charge in [0.25, 0.3) is 11.5 Å². The molecular formula is C27H19ClN6O3S2. The van der Waals surface area contributed by atoms with Gasteiger partial charge < -0.3 is 11.1 Å². The molecule has 0 aliphatic rings. The summed E-state index contributed by atoms with van der Waals surface area (Å²) in [6.45, 7) is 0.0384. The van der Waals surface area contributed by atoms with Crippen LogP contribution in [0, 0.1) is 11.3 Å². The minimum Gasteiger partial charge on any atom is -0.398 e. The van der Waals surface area contributed by atoms with Gasteiger partial charge in [0.2, 0.25) is 0 Å². The van der Waals surface area contributed by atoms with Crippen LogP contribution in [0.3, 0.4) is 0 Å². The van der Waals surface area contributed by atoms with Crippen LogP contribution in [0.5, 0.6) is 0 Å². The summed E-state index contributed by atoms with van der Waals surface area (Å²) in [5.74, 6) is -0.493. The number of nitriles is 1. The van der Waals surface area contributed by atoms with Gasteiger partial charge in [0.1, 0.15) is 17.6 Å². The molecule has 0 unspecified atom stereocenters. The van der Waals surface area contributed by atoms with Crippen molar-refractivity contribution in [2.45, 2.75) is 13.1 Å². The van der Waals surface area contributed by atoms with Gasteiger partial charge in [0.15, 0.2) is 5.78 Å². The standard InChI is InChI=1S/C27H19ClN6O3S2/c28-23-9-8-17(39-23)14-31-24-12-20(32-34(24)27(37)18-4-1-2-5-19(18)30)26-16(13-29)7-10-25(36)33(26)15-21(35)22-6-3-11-38-22/h1-12,31H,14-15,30H2. The number of nitrogens with two attached hydrogens (primary N) is 1. The zero-order valence-electron chi connectivity index (χ0n) is 20.1. The minimum absolute atomic E-state index is 0.126. The van der Waals surface area contributed by atoms with Gasteiger partial charge in [-0.25, -0.2) is 0 Å². The van der Waals surface area contributed by atoms with Gasteiger partial charge in [-0.2, -0.15) is 15.0 Å². The van der Waals surface area contributed by atoms with E-state index < -0.39 is 11.5 Å². The number of nitrogen functional groups attached to an aromatic ring is 1. The lowest BCUT2D eigenvalue weighted by Gasteiger charge is -2.11. The van der Waals surface area contributed by atoms with Crippen LogP contribution >= 0.6 is 34.3 Å². The third kappa shape index (κ3) is 5.39. The Kier molecular flexibility index (Phi) is 7.42. The van der Waals surface area contributed by atoms with Gasteiger partial charge in [-0.05, 0) is 41.8 Å². The fourth-order valence-corrected chi connectivity index (χ4v) is 5.65. The smallest absolute Gasteiger partial charge is 0.282 e. The molecule has 4 aromatic heterocycles. The van der Waals surface area contributed by atoms with Gasteiger partial charge in [-0.3, -0.25) is 19.0 Å². The van der Waals surface area contributed by atoms with Gasteiger partial charge >= 0.3 is 0 Å².